The van der Waals surface area contributed by atoms with Crippen molar-refractivity contribution in [3.05, 3.63) is 23.4 Å². The van der Waals surface area contributed by atoms with E-state index in [1.807, 2.05) is 17.8 Å². The summed E-state index contributed by atoms with van der Waals surface area (Å²) in [6, 6.07) is 3.97. The van der Waals surface area contributed by atoms with Gasteiger partial charge in [-0.1, -0.05) is 6.07 Å². The average Bonchev–Trinajstić information content (AvgIpc) is 2.27. The van der Waals surface area contributed by atoms with Gasteiger partial charge in [-0.2, -0.15) is 11.8 Å². The molecule has 0 fully saturated rings. The standard InChI is InChI=1S/C11H14N2O2S/c1-13(6-11(14)15)10-3-2-8-4-5-16-7-9(8)12-10/h2-3H,4-7H2,1H3,(H,14,15). The third-order valence-corrected chi connectivity index (χ3v) is 3.54. The lowest BCUT2D eigenvalue weighted by Crippen LogP contribution is -2.26. The first-order chi connectivity index (χ1) is 7.66. The minimum atomic E-state index is -0.837. The second-order valence-electron chi connectivity index (χ2n) is 3.83. The largest absolute Gasteiger partial charge is 0.480 e. The van der Waals surface area contributed by atoms with Gasteiger partial charge < -0.3 is 10.0 Å². The number of hydrogen-bond acceptors (Lipinski definition) is 4. The number of anilines is 1. The number of aliphatic carboxylic acids is 1. The van der Waals surface area contributed by atoms with Crippen molar-refractivity contribution in [3.63, 3.8) is 0 Å². The zero-order valence-electron chi connectivity index (χ0n) is 9.14. The number of carboxylic acid groups (broad SMARTS) is 1. The van der Waals surface area contributed by atoms with Crippen LogP contribution < -0.4 is 4.90 Å². The molecule has 1 aromatic heterocycles. The number of likely N-dealkylation sites (N-methyl/N-ethyl adjacent to an activating group) is 1. The number of fused-ring (bicyclic) bond motifs is 1. The molecule has 1 N–H and O–H groups in total. The van der Waals surface area contributed by atoms with Crippen molar-refractivity contribution in [2.45, 2.75) is 12.2 Å². The third kappa shape index (κ3) is 2.47. The van der Waals surface area contributed by atoms with Crippen LogP contribution in [-0.4, -0.2) is 35.4 Å². The normalized spacial score (nSPS) is 14.3. The van der Waals surface area contributed by atoms with E-state index in [1.54, 1.807) is 11.9 Å². The van der Waals surface area contributed by atoms with E-state index in [4.69, 9.17) is 5.11 Å². The second kappa shape index (κ2) is 4.74. The van der Waals surface area contributed by atoms with Gasteiger partial charge in [0.15, 0.2) is 0 Å². The molecule has 1 aliphatic rings. The first-order valence-corrected chi connectivity index (χ1v) is 6.32. The molecule has 1 aliphatic heterocycles. The Morgan fingerprint density at radius 2 is 2.44 bits per heavy atom. The summed E-state index contributed by atoms with van der Waals surface area (Å²) in [4.78, 5) is 16.8. The predicted octanol–water partition coefficient (Wildman–Crippen LogP) is 1.39. The van der Waals surface area contributed by atoms with Crippen molar-refractivity contribution in [1.29, 1.82) is 0 Å². The van der Waals surface area contributed by atoms with Crippen LogP contribution in [0.4, 0.5) is 5.82 Å². The molecule has 0 bridgehead atoms. The van der Waals surface area contributed by atoms with Crippen molar-refractivity contribution in [3.8, 4) is 0 Å². The molecule has 0 spiro atoms. The summed E-state index contributed by atoms with van der Waals surface area (Å²) in [6.45, 7) is -0.0150. The van der Waals surface area contributed by atoms with E-state index >= 15 is 0 Å². The number of aromatic nitrogens is 1. The second-order valence-corrected chi connectivity index (χ2v) is 4.93. The van der Waals surface area contributed by atoms with Gasteiger partial charge in [0.05, 0.1) is 5.69 Å². The van der Waals surface area contributed by atoms with E-state index in [1.165, 1.54) is 5.56 Å². The van der Waals surface area contributed by atoms with E-state index in [-0.39, 0.29) is 6.54 Å². The molecule has 0 unspecified atom stereocenters. The molecule has 0 saturated carbocycles. The zero-order valence-corrected chi connectivity index (χ0v) is 9.96. The van der Waals surface area contributed by atoms with Gasteiger partial charge in [-0.05, 0) is 23.8 Å². The Balaban J connectivity index is 2.19. The Morgan fingerprint density at radius 1 is 1.62 bits per heavy atom. The van der Waals surface area contributed by atoms with E-state index < -0.39 is 5.97 Å². The first kappa shape index (κ1) is 11.3. The fourth-order valence-corrected chi connectivity index (χ4v) is 2.67. The van der Waals surface area contributed by atoms with Crippen molar-refractivity contribution < 1.29 is 9.90 Å². The Labute approximate surface area is 98.7 Å². The summed E-state index contributed by atoms with van der Waals surface area (Å²) in [5.41, 5.74) is 2.40. The number of rotatable bonds is 3. The summed E-state index contributed by atoms with van der Waals surface area (Å²) >= 11 is 1.87. The van der Waals surface area contributed by atoms with Crippen LogP contribution >= 0.6 is 11.8 Å². The van der Waals surface area contributed by atoms with Crippen molar-refractivity contribution >= 4 is 23.5 Å². The highest BCUT2D eigenvalue weighted by Crippen LogP contribution is 2.24. The van der Waals surface area contributed by atoms with Crippen LogP contribution in [0.15, 0.2) is 12.1 Å². The molecule has 0 aliphatic carbocycles. The maximum Gasteiger partial charge on any atom is 0.323 e. The molecule has 0 saturated heterocycles. The van der Waals surface area contributed by atoms with E-state index in [0.29, 0.717) is 0 Å². The lowest BCUT2D eigenvalue weighted by Gasteiger charge is -2.20. The molecule has 0 atom stereocenters. The highest BCUT2D eigenvalue weighted by atomic mass is 32.2. The average molecular weight is 238 g/mol. The third-order valence-electron chi connectivity index (χ3n) is 2.57. The molecule has 0 aromatic carbocycles. The topological polar surface area (TPSA) is 53.4 Å². The monoisotopic (exact) mass is 238 g/mol. The number of thioether (sulfide) groups is 1. The number of hydrogen-bond donors (Lipinski definition) is 1. The van der Waals surface area contributed by atoms with E-state index in [2.05, 4.69) is 11.1 Å². The van der Waals surface area contributed by atoms with Crippen molar-refractivity contribution in [1.82, 2.24) is 4.98 Å². The molecular formula is C11H14N2O2S. The summed E-state index contributed by atoms with van der Waals surface area (Å²) in [5, 5.41) is 8.71. The quantitative estimate of drug-likeness (QED) is 0.862. The number of nitrogens with zero attached hydrogens (tertiary/aromatic N) is 2. The summed E-state index contributed by atoms with van der Waals surface area (Å²) < 4.78 is 0. The van der Waals surface area contributed by atoms with Gasteiger partial charge in [-0.3, -0.25) is 4.79 Å². The van der Waals surface area contributed by atoms with Crippen LogP contribution in [0, 0.1) is 0 Å². The van der Waals surface area contributed by atoms with Gasteiger partial charge in [-0.15, -0.1) is 0 Å². The number of carboxylic acids is 1. The van der Waals surface area contributed by atoms with Crippen molar-refractivity contribution in [2.75, 3.05) is 24.2 Å². The zero-order chi connectivity index (χ0) is 11.5. The van der Waals surface area contributed by atoms with Gasteiger partial charge in [0.1, 0.15) is 12.4 Å². The Bertz CT molecular complexity index is 409. The SMILES string of the molecule is CN(CC(=O)O)c1ccc2c(n1)CSCC2. The fourth-order valence-electron chi connectivity index (χ4n) is 1.72. The Kier molecular flexibility index (Phi) is 3.33. The van der Waals surface area contributed by atoms with Crippen LogP contribution in [0.25, 0.3) is 0 Å². The molecule has 0 radical (unpaired) electrons. The van der Waals surface area contributed by atoms with Gasteiger partial charge in [-0.25, -0.2) is 4.98 Å². The summed E-state index contributed by atoms with van der Waals surface area (Å²) in [6.07, 6.45) is 1.07. The fraction of sp³-hybridized carbons (Fsp3) is 0.455. The molecule has 4 nitrogen and oxygen atoms in total. The van der Waals surface area contributed by atoms with E-state index in [0.717, 1.165) is 29.4 Å². The Morgan fingerprint density at radius 3 is 3.19 bits per heavy atom. The van der Waals surface area contributed by atoms with Crippen LogP contribution in [0.5, 0.6) is 0 Å². The molecule has 1 aromatic rings. The molecule has 16 heavy (non-hydrogen) atoms. The molecule has 0 amide bonds. The minimum absolute atomic E-state index is 0.0150. The predicted molar refractivity (Wildman–Crippen MR) is 65.0 cm³/mol. The number of aryl methyl sites for hydroxylation is 1. The van der Waals surface area contributed by atoms with Crippen LogP contribution in [0.2, 0.25) is 0 Å². The van der Waals surface area contributed by atoms with Gasteiger partial charge in [0, 0.05) is 12.8 Å². The lowest BCUT2D eigenvalue weighted by molar-refractivity contribution is -0.135. The summed E-state index contributed by atoms with van der Waals surface area (Å²) in [5.74, 6) is 1.99. The van der Waals surface area contributed by atoms with Gasteiger partial charge in [0.2, 0.25) is 0 Å². The molecule has 5 heteroatoms. The highest BCUT2D eigenvalue weighted by Gasteiger charge is 2.13. The van der Waals surface area contributed by atoms with Crippen LogP contribution in [0.3, 0.4) is 0 Å². The van der Waals surface area contributed by atoms with Gasteiger partial charge in [0.25, 0.3) is 0 Å². The van der Waals surface area contributed by atoms with Gasteiger partial charge >= 0.3 is 5.97 Å². The lowest BCUT2D eigenvalue weighted by atomic mass is 10.1. The molecule has 2 heterocycles. The minimum Gasteiger partial charge on any atom is -0.480 e. The number of pyridine rings is 1. The maximum absolute atomic E-state index is 10.6. The molecule has 86 valence electrons. The first-order valence-electron chi connectivity index (χ1n) is 5.16. The van der Waals surface area contributed by atoms with Crippen molar-refractivity contribution in [2.24, 2.45) is 0 Å². The number of carbonyl (C=O) groups is 1. The molecule has 2 rings (SSSR count). The smallest absolute Gasteiger partial charge is 0.323 e. The van der Waals surface area contributed by atoms with Crippen LogP contribution in [0.1, 0.15) is 11.3 Å². The highest BCUT2D eigenvalue weighted by molar-refractivity contribution is 7.98. The van der Waals surface area contributed by atoms with E-state index in [9.17, 15) is 4.79 Å². The molecular weight excluding hydrogens is 224 g/mol. The maximum atomic E-state index is 10.6. The van der Waals surface area contributed by atoms with Crippen LogP contribution in [-0.2, 0) is 17.0 Å². The summed E-state index contributed by atoms with van der Waals surface area (Å²) in [7, 11) is 1.75. The Hall–Kier alpha value is -1.23.